The Hall–Kier alpha value is -3.32. The van der Waals surface area contributed by atoms with E-state index in [1.54, 1.807) is 18.3 Å². The summed E-state index contributed by atoms with van der Waals surface area (Å²) in [5, 5.41) is 11.9. The van der Waals surface area contributed by atoms with Crippen LogP contribution in [-0.4, -0.2) is 33.9 Å². The SMILES string of the molecule is NC(=O)C(Cl)c1cccc(C(=O)N[C@@H](Cc2c[nH]c3ccccc23)C(=O)O)c1. The summed E-state index contributed by atoms with van der Waals surface area (Å²) in [4.78, 5) is 38.6. The highest BCUT2D eigenvalue weighted by Gasteiger charge is 2.23. The van der Waals surface area contributed by atoms with E-state index >= 15 is 0 Å². The molecule has 2 atom stereocenters. The number of H-pyrrole nitrogens is 1. The van der Waals surface area contributed by atoms with E-state index in [1.807, 2.05) is 24.3 Å². The number of alkyl halides is 1. The molecule has 0 saturated carbocycles. The van der Waals surface area contributed by atoms with E-state index in [0.29, 0.717) is 5.56 Å². The van der Waals surface area contributed by atoms with Gasteiger partial charge in [0.05, 0.1) is 0 Å². The van der Waals surface area contributed by atoms with Gasteiger partial charge in [-0.25, -0.2) is 4.79 Å². The van der Waals surface area contributed by atoms with Gasteiger partial charge in [0.25, 0.3) is 5.91 Å². The van der Waals surface area contributed by atoms with E-state index in [0.717, 1.165) is 16.5 Å². The summed E-state index contributed by atoms with van der Waals surface area (Å²) in [6.45, 7) is 0. The van der Waals surface area contributed by atoms with Crippen molar-refractivity contribution in [2.24, 2.45) is 5.73 Å². The molecule has 0 spiro atoms. The van der Waals surface area contributed by atoms with Crippen LogP contribution < -0.4 is 11.1 Å². The van der Waals surface area contributed by atoms with Gasteiger partial charge in [-0.15, -0.1) is 11.6 Å². The first-order valence-corrected chi connectivity index (χ1v) is 8.92. The van der Waals surface area contributed by atoms with Crippen LogP contribution in [-0.2, 0) is 16.0 Å². The minimum absolute atomic E-state index is 0.115. The average Bonchev–Trinajstić information content (AvgIpc) is 3.09. The summed E-state index contributed by atoms with van der Waals surface area (Å²) < 4.78 is 0. The Labute approximate surface area is 165 Å². The molecule has 8 heteroatoms. The molecule has 0 aliphatic heterocycles. The summed E-state index contributed by atoms with van der Waals surface area (Å²) in [6, 6.07) is 12.4. The minimum atomic E-state index is -1.15. The predicted molar refractivity (Wildman–Crippen MR) is 105 cm³/mol. The second-order valence-corrected chi connectivity index (χ2v) is 6.75. The number of amides is 2. The van der Waals surface area contributed by atoms with Gasteiger partial charge in [-0.3, -0.25) is 9.59 Å². The zero-order valence-corrected chi connectivity index (χ0v) is 15.4. The largest absolute Gasteiger partial charge is 0.480 e. The number of aliphatic carboxylic acids is 1. The van der Waals surface area contributed by atoms with E-state index in [9.17, 15) is 19.5 Å². The fourth-order valence-electron chi connectivity index (χ4n) is 2.96. The highest BCUT2D eigenvalue weighted by atomic mass is 35.5. The lowest BCUT2D eigenvalue weighted by Gasteiger charge is -2.15. The Bertz CT molecular complexity index is 1050. The topological polar surface area (TPSA) is 125 Å². The molecule has 0 bridgehead atoms. The monoisotopic (exact) mass is 399 g/mol. The van der Waals surface area contributed by atoms with Crippen LogP contribution in [0.4, 0.5) is 0 Å². The molecule has 7 nitrogen and oxygen atoms in total. The van der Waals surface area contributed by atoms with Crippen molar-refractivity contribution >= 4 is 40.3 Å². The second kappa shape index (κ2) is 8.14. The van der Waals surface area contributed by atoms with Gasteiger partial charge < -0.3 is 21.1 Å². The first kappa shape index (κ1) is 19.4. The van der Waals surface area contributed by atoms with Gasteiger partial charge in [0.2, 0.25) is 5.91 Å². The predicted octanol–water partition coefficient (Wildman–Crippen LogP) is 2.36. The molecule has 28 heavy (non-hydrogen) atoms. The molecule has 3 aromatic rings. The van der Waals surface area contributed by atoms with Crippen molar-refractivity contribution in [3.05, 3.63) is 71.4 Å². The van der Waals surface area contributed by atoms with Crippen molar-refractivity contribution in [2.75, 3.05) is 0 Å². The number of nitrogens with two attached hydrogens (primary N) is 1. The molecule has 1 unspecified atom stereocenters. The number of hydrogen-bond donors (Lipinski definition) is 4. The molecule has 1 heterocycles. The number of nitrogens with one attached hydrogen (secondary N) is 2. The Morgan fingerprint density at radius 3 is 2.61 bits per heavy atom. The molecule has 144 valence electrons. The Morgan fingerprint density at radius 2 is 1.89 bits per heavy atom. The van der Waals surface area contributed by atoms with E-state index in [2.05, 4.69) is 10.3 Å². The molecule has 5 N–H and O–H groups in total. The lowest BCUT2D eigenvalue weighted by atomic mass is 10.0. The summed E-state index contributed by atoms with van der Waals surface area (Å²) in [5.74, 6) is -2.47. The van der Waals surface area contributed by atoms with Gasteiger partial charge in [0.1, 0.15) is 11.4 Å². The maximum absolute atomic E-state index is 12.6. The van der Waals surface area contributed by atoms with Gasteiger partial charge in [-0.1, -0.05) is 30.3 Å². The fourth-order valence-corrected chi connectivity index (χ4v) is 3.10. The van der Waals surface area contributed by atoms with E-state index in [1.165, 1.54) is 12.1 Å². The van der Waals surface area contributed by atoms with Crippen molar-refractivity contribution in [2.45, 2.75) is 17.8 Å². The van der Waals surface area contributed by atoms with Crippen LogP contribution in [0.25, 0.3) is 10.9 Å². The quantitative estimate of drug-likeness (QED) is 0.455. The van der Waals surface area contributed by atoms with Gasteiger partial charge in [-0.05, 0) is 29.3 Å². The third kappa shape index (κ3) is 4.15. The van der Waals surface area contributed by atoms with Gasteiger partial charge in [-0.2, -0.15) is 0 Å². The standard InChI is InChI=1S/C20H18ClN3O4/c21-17(18(22)25)11-4-3-5-12(8-11)19(26)24-16(20(27)28)9-13-10-23-15-7-2-1-6-14(13)15/h1-8,10,16-17,23H,9H2,(H2,22,25)(H,24,26)(H,27,28)/t16-,17?/m0/s1. The molecule has 0 radical (unpaired) electrons. The minimum Gasteiger partial charge on any atom is -0.480 e. The van der Waals surface area contributed by atoms with Crippen LogP contribution in [0.2, 0.25) is 0 Å². The third-order valence-corrected chi connectivity index (χ3v) is 4.86. The van der Waals surface area contributed by atoms with Crippen LogP contribution in [0.15, 0.2) is 54.7 Å². The molecule has 2 aromatic carbocycles. The van der Waals surface area contributed by atoms with E-state index < -0.39 is 29.2 Å². The maximum atomic E-state index is 12.6. The Kier molecular flexibility index (Phi) is 5.65. The molecular formula is C20H18ClN3O4. The lowest BCUT2D eigenvalue weighted by Crippen LogP contribution is -2.42. The number of carboxylic acid groups (broad SMARTS) is 1. The fraction of sp³-hybridized carbons (Fsp3) is 0.150. The zero-order chi connectivity index (χ0) is 20.3. The van der Waals surface area contributed by atoms with Gasteiger partial charge in [0, 0.05) is 29.1 Å². The summed E-state index contributed by atoms with van der Waals surface area (Å²) >= 11 is 5.92. The molecule has 0 fully saturated rings. The second-order valence-electron chi connectivity index (χ2n) is 6.32. The van der Waals surface area contributed by atoms with Crippen molar-refractivity contribution in [1.29, 1.82) is 0 Å². The number of benzene rings is 2. The number of aromatic nitrogens is 1. The first-order chi connectivity index (χ1) is 13.4. The smallest absolute Gasteiger partial charge is 0.326 e. The number of carbonyl (C=O) groups is 3. The van der Waals surface area contributed by atoms with Crippen molar-refractivity contribution in [3.8, 4) is 0 Å². The Balaban J connectivity index is 1.79. The van der Waals surface area contributed by atoms with Crippen molar-refractivity contribution < 1.29 is 19.5 Å². The summed E-state index contributed by atoms with van der Waals surface area (Å²) in [7, 11) is 0. The number of carbonyl (C=O) groups excluding carboxylic acids is 2. The number of fused-ring (bicyclic) bond motifs is 1. The summed E-state index contributed by atoms with van der Waals surface area (Å²) in [6.07, 6.45) is 1.85. The number of rotatable bonds is 7. The maximum Gasteiger partial charge on any atom is 0.326 e. The number of carboxylic acids is 1. The molecule has 1 aromatic heterocycles. The molecular weight excluding hydrogens is 382 g/mol. The molecule has 3 rings (SSSR count). The zero-order valence-electron chi connectivity index (χ0n) is 14.7. The van der Waals surface area contributed by atoms with Gasteiger partial charge >= 0.3 is 5.97 Å². The van der Waals surface area contributed by atoms with Crippen LogP contribution in [0.3, 0.4) is 0 Å². The number of primary amides is 1. The number of halogens is 1. The summed E-state index contributed by atoms with van der Waals surface area (Å²) in [5.41, 5.74) is 7.41. The highest BCUT2D eigenvalue weighted by molar-refractivity contribution is 6.30. The molecule has 0 saturated heterocycles. The first-order valence-electron chi connectivity index (χ1n) is 8.49. The van der Waals surface area contributed by atoms with Crippen LogP contribution in [0.5, 0.6) is 0 Å². The number of hydrogen-bond acceptors (Lipinski definition) is 3. The normalized spacial score (nSPS) is 13.0. The average molecular weight is 400 g/mol. The van der Waals surface area contributed by atoms with Crippen LogP contribution in [0.1, 0.15) is 26.9 Å². The lowest BCUT2D eigenvalue weighted by molar-refractivity contribution is -0.139. The molecule has 0 aliphatic rings. The van der Waals surface area contributed by atoms with E-state index in [-0.39, 0.29) is 12.0 Å². The molecule has 0 aliphatic carbocycles. The van der Waals surface area contributed by atoms with Gasteiger partial charge in [0.15, 0.2) is 0 Å². The number of para-hydroxylation sites is 1. The highest BCUT2D eigenvalue weighted by Crippen LogP contribution is 2.22. The molecule has 2 amide bonds. The number of aromatic amines is 1. The van der Waals surface area contributed by atoms with Crippen LogP contribution in [0, 0.1) is 0 Å². The van der Waals surface area contributed by atoms with Crippen molar-refractivity contribution in [1.82, 2.24) is 10.3 Å². The van der Waals surface area contributed by atoms with E-state index in [4.69, 9.17) is 17.3 Å². The third-order valence-electron chi connectivity index (χ3n) is 4.39. The van der Waals surface area contributed by atoms with Crippen molar-refractivity contribution in [3.63, 3.8) is 0 Å². The Morgan fingerprint density at radius 1 is 1.14 bits per heavy atom. The van der Waals surface area contributed by atoms with Crippen LogP contribution >= 0.6 is 11.6 Å².